The summed E-state index contributed by atoms with van der Waals surface area (Å²) in [5.41, 5.74) is 10.1. The van der Waals surface area contributed by atoms with Crippen molar-refractivity contribution in [3.63, 3.8) is 0 Å². The lowest BCUT2D eigenvalue weighted by molar-refractivity contribution is 0.282. The summed E-state index contributed by atoms with van der Waals surface area (Å²) in [5, 5.41) is 17.6. The van der Waals surface area contributed by atoms with Gasteiger partial charge in [0.1, 0.15) is 16.9 Å². The minimum absolute atomic E-state index is 0.0334. The summed E-state index contributed by atoms with van der Waals surface area (Å²) in [6, 6.07) is 10.9. The molecule has 5 rings (SSSR count). The van der Waals surface area contributed by atoms with E-state index in [9.17, 15) is 5.11 Å². The van der Waals surface area contributed by atoms with E-state index in [2.05, 4.69) is 20.2 Å². The molecule has 0 atom stereocenters. The van der Waals surface area contributed by atoms with Crippen LogP contribution in [0.25, 0.3) is 39.8 Å². The van der Waals surface area contributed by atoms with Crippen LogP contribution in [0.3, 0.4) is 0 Å². The van der Waals surface area contributed by atoms with Crippen molar-refractivity contribution < 1.29 is 6.48 Å². The zero-order valence-electron chi connectivity index (χ0n) is 16.9. The first kappa shape index (κ1) is 16.7. The van der Waals surface area contributed by atoms with Gasteiger partial charge in [-0.25, -0.2) is 19.9 Å². The molecule has 0 saturated carbocycles. The zero-order chi connectivity index (χ0) is 21.5. The molecule has 0 saturated heterocycles. The number of fused-ring (bicyclic) bond motifs is 1. The van der Waals surface area contributed by atoms with Gasteiger partial charge in [-0.3, -0.25) is 4.57 Å². The van der Waals surface area contributed by atoms with Crippen LogP contribution in [0.4, 0.5) is 5.82 Å². The summed E-state index contributed by atoms with van der Waals surface area (Å²) in [4.78, 5) is 19.3. The summed E-state index contributed by atoms with van der Waals surface area (Å²) in [6.45, 7) is -0.0593. The highest BCUT2D eigenvalue weighted by atomic mass is 16.3. The molecule has 0 aliphatic carbocycles. The van der Waals surface area contributed by atoms with E-state index in [4.69, 9.17) is 17.1 Å². The minimum atomic E-state index is -0.0593. The second kappa shape index (κ2) is 7.01. The molecule has 148 valence electrons. The summed E-state index contributed by atoms with van der Waals surface area (Å²) in [7, 11) is 1.65. The van der Waals surface area contributed by atoms with E-state index >= 15 is 0 Å². The molecule has 4 aromatic heterocycles. The van der Waals surface area contributed by atoms with Gasteiger partial charge in [-0.05, 0) is 29.8 Å². The number of nitrogens with two attached hydrogens (primary N) is 1. The van der Waals surface area contributed by atoms with Gasteiger partial charge in [0.05, 0.1) is 19.8 Å². The Morgan fingerprint density at radius 2 is 1.83 bits per heavy atom. The maximum absolute atomic E-state index is 9.39. The van der Waals surface area contributed by atoms with Gasteiger partial charge < -0.3 is 10.8 Å². The molecule has 0 fully saturated rings. The fraction of sp³-hybridized carbons (Fsp3) is 0.100. The summed E-state index contributed by atoms with van der Waals surface area (Å²) in [5.74, 6) is 0.723. The number of rotatable bonds is 4. The second-order valence-electron chi connectivity index (χ2n) is 6.57. The van der Waals surface area contributed by atoms with Gasteiger partial charge >= 0.3 is 0 Å². The van der Waals surface area contributed by atoms with Crippen LogP contribution < -0.4 is 5.73 Å². The molecule has 0 aliphatic rings. The number of imidazole rings is 1. The number of hydrogen-bond donors (Lipinski definition) is 2. The molecule has 3 N–H and O–H groups in total. The number of aliphatic hydroxyl groups is 1. The smallest absolute Gasteiger partial charge is 0.169 e. The monoisotopic (exact) mass is 400 g/mol. The topological polar surface area (TPSA) is 133 Å². The van der Waals surface area contributed by atoms with Crippen molar-refractivity contribution in [2.24, 2.45) is 7.05 Å². The number of nitrogens with zero attached hydrogens (tertiary/aromatic N) is 8. The van der Waals surface area contributed by atoms with Crippen LogP contribution in [-0.4, -0.2) is 44.6 Å². The molecule has 1 aromatic carbocycles. The van der Waals surface area contributed by atoms with Crippen LogP contribution in [0.15, 0.2) is 55.0 Å². The molecule has 10 nitrogen and oxygen atoms in total. The molecule has 10 heteroatoms. The van der Waals surface area contributed by atoms with Crippen molar-refractivity contribution in [2.45, 2.75) is 6.61 Å². The van der Waals surface area contributed by atoms with Gasteiger partial charge in [0.25, 0.3) is 0 Å². The maximum Gasteiger partial charge on any atom is 0.169 e. The highest BCUT2D eigenvalue weighted by Crippen LogP contribution is 2.30. The normalized spacial score (nSPS) is 11.7. The third kappa shape index (κ3) is 2.95. The van der Waals surface area contributed by atoms with Crippen molar-refractivity contribution in [3.05, 3.63) is 60.5 Å². The van der Waals surface area contributed by atoms with Crippen LogP contribution >= 0.6 is 0 Å². The first-order chi connectivity index (χ1) is 15.0. The number of benzene rings is 1. The number of nitrogen functional groups attached to an aromatic ring is 1. The van der Waals surface area contributed by atoms with Gasteiger partial charge in [-0.2, -0.15) is 15.0 Å². The molecule has 0 aliphatic heterocycles. The Morgan fingerprint density at radius 3 is 2.53 bits per heavy atom. The SMILES string of the molecule is [2H]c1nn(C)nc1-c1ccc2nc(-c3nccnc3N)n(-c3ccc(CO)cc3)c2n1. The quantitative estimate of drug-likeness (QED) is 0.466. The van der Waals surface area contributed by atoms with Gasteiger partial charge in [0.15, 0.2) is 17.3 Å². The fourth-order valence-electron chi connectivity index (χ4n) is 3.18. The number of anilines is 1. The molecule has 0 spiro atoms. The summed E-state index contributed by atoms with van der Waals surface area (Å²) < 4.78 is 9.87. The standard InChI is InChI=1S/C20H17N9O/c1-28-24-10-16(27-28)14-6-7-15-19(25-14)29(13-4-2-12(11-30)3-5-13)20(26-15)17-18(21)23-9-8-22-17/h2-10,30H,11H2,1H3,(H2,21,23)/i10D. The summed E-state index contributed by atoms with van der Waals surface area (Å²) in [6.07, 6.45) is 3.10. The predicted octanol–water partition coefficient (Wildman–Crippen LogP) is 1.75. The van der Waals surface area contributed by atoms with Crippen LogP contribution in [0, 0.1) is 0 Å². The van der Waals surface area contributed by atoms with Gasteiger partial charge in [-0.1, -0.05) is 12.1 Å². The lowest BCUT2D eigenvalue weighted by atomic mass is 10.2. The van der Waals surface area contributed by atoms with Crippen molar-refractivity contribution in [1.29, 1.82) is 0 Å². The molecule has 5 aromatic rings. The molecule has 4 heterocycles. The molecule has 30 heavy (non-hydrogen) atoms. The molecule has 0 bridgehead atoms. The number of pyridine rings is 1. The van der Waals surface area contributed by atoms with E-state index < -0.39 is 0 Å². The van der Waals surface area contributed by atoms with Crippen LogP contribution in [0.5, 0.6) is 0 Å². The van der Waals surface area contributed by atoms with Crippen LogP contribution in [0.2, 0.25) is 0 Å². The van der Waals surface area contributed by atoms with Crippen molar-refractivity contribution in [3.8, 4) is 28.6 Å². The van der Waals surface area contributed by atoms with Crippen LogP contribution in [-0.2, 0) is 13.7 Å². The van der Waals surface area contributed by atoms with Gasteiger partial charge in [-0.15, -0.1) is 0 Å². The average Bonchev–Trinajstić information content (AvgIpc) is 3.32. The molecular weight excluding hydrogens is 382 g/mol. The Hall–Kier alpha value is -4.18. The zero-order valence-corrected chi connectivity index (χ0v) is 15.9. The summed E-state index contributed by atoms with van der Waals surface area (Å²) >= 11 is 0. The van der Waals surface area contributed by atoms with E-state index in [0.29, 0.717) is 34.1 Å². The van der Waals surface area contributed by atoms with E-state index in [1.807, 2.05) is 28.8 Å². The van der Waals surface area contributed by atoms with E-state index in [0.717, 1.165) is 11.3 Å². The molecular formula is C20H17N9O. The number of aromatic nitrogens is 8. The van der Waals surface area contributed by atoms with E-state index in [-0.39, 0.29) is 18.6 Å². The Bertz CT molecular complexity index is 1410. The van der Waals surface area contributed by atoms with Crippen molar-refractivity contribution in [2.75, 3.05) is 5.73 Å². The highest BCUT2D eigenvalue weighted by Gasteiger charge is 2.20. The number of hydrogen-bond acceptors (Lipinski definition) is 8. The molecule has 0 amide bonds. The Labute approximate surface area is 172 Å². The predicted molar refractivity (Wildman–Crippen MR) is 110 cm³/mol. The van der Waals surface area contributed by atoms with E-state index in [1.54, 1.807) is 25.4 Å². The molecule has 0 radical (unpaired) electrons. The first-order valence-corrected chi connectivity index (χ1v) is 9.10. The van der Waals surface area contributed by atoms with Gasteiger partial charge in [0, 0.05) is 25.1 Å². The lowest BCUT2D eigenvalue weighted by Gasteiger charge is -2.10. The third-order valence-corrected chi connectivity index (χ3v) is 4.61. The number of aliphatic hydroxyl groups excluding tert-OH is 1. The van der Waals surface area contributed by atoms with Crippen LogP contribution in [0.1, 0.15) is 6.93 Å². The third-order valence-electron chi connectivity index (χ3n) is 4.61. The second-order valence-corrected chi connectivity index (χ2v) is 6.57. The van der Waals surface area contributed by atoms with Crippen molar-refractivity contribution in [1.82, 2.24) is 39.5 Å². The van der Waals surface area contributed by atoms with E-state index in [1.165, 1.54) is 11.0 Å². The largest absolute Gasteiger partial charge is 0.392 e. The minimum Gasteiger partial charge on any atom is -0.392 e. The average molecular weight is 400 g/mol. The lowest BCUT2D eigenvalue weighted by Crippen LogP contribution is -2.04. The number of aryl methyl sites for hydroxylation is 1. The maximum atomic E-state index is 9.39. The molecule has 0 unspecified atom stereocenters. The van der Waals surface area contributed by atoms with Crippen molar-refractivity contribution >= 4 is 17.0 Å². The Kier molecular flexibility index (Phi) is 3.91. The fourth-order valence-corrected chi connectivity index (χ4v) is 3.18. The Morgan fingerprint density at radius 1 is 1.03 bits per heavy atom. The Balaban J connectivity index is 1.80. The van der Waals surface area contributed by atoms with Gasteiger partial charge in [0.2, 0.25) is 0 Å². The highest BCUT2D eigenvalue weighted by molar-refractivity contribution is 5.83. The first-order valence-electron chi connectivity index (χ1n) is 9.60.